The zero-order valence-corrected chi connectivity index (χ0v) is 20.6. The summed E-state index contributed by atoms with van der Waals surface area (Å²) >= 11 is 0. The van der Waals surface area contributed by atoms with E-state index in [2.05, 4.69) is 33.7 Å². The van der Waals surface area contributed by atoms with E-state index in [1.807, 2.05) is 0 Å². The summed E-state index contributed by atoms with van der Waals surface area (Å²) in [6.45, 7) is 2.01. The fourth-order valence-corrected chi connectivity index (χ4v) is 4.52. The molecule has 3 atom stereocenters. The van der Waals surface area contributed by atoms with Gasteiger partial charge in [0, 0.05) is 12.8 Å². The summed E-state index contributed by atoms with van der Waals surface area (Å²) in [4.78, 5) is 12.9. The molecule has 3 rings (SSSR count). The first kappa shape index (κ1) is 26.4. The molecule has 34 heavy (non-hydrogen) atoms. The molecule has 0 unspecified atom stereocenters. The van der Waals surface area contributed by atoms with Crippen LogP contribution in [0.25, 0.3) is 11.2 Å². The van der Waals surface area contributed by atoms with Crippen molar-refractivity contribution >= 4 is 17.0 Å². The maximum absolute atomic E-state index is 10.2. The Labute approximate surface area is 203 Å². The lowest BCUT2D eigenvalue weighted by Crippen LogP contribution is -2.24. The molecule has 0 spiro atoms. The van der Waals surface area contributed by atoms with Crippen LogP contribution in [-0.4, -0.2) is 48.5 Å². The van der Waals surface area contributed by atoms with Crippen LogP contribution in [-0.2, 0) is 4.74 Å². The van der Waals surface area contributed by atoms with Crippen LogP contribution in [0, 0.1) is 11.8 Å². The van der Waals surface area contributed by atoms with Crippen LogP contribution in [0.1, 0.15) is 109 Å². The third-order valence-corrected chi connectivity index (χ3v) is 6.53. The van der Waals surface area contributed by atoms with Crippen LogP contribution in [0.15, 0.2) is 6.33 Å². The number of hydrogen-bond donors (Lipinski definition) is 3. The van der Waals surface area contributed by atoms with Crippen LogP contribution in [0.4, 0.5) is 5.82 Å². The molecule has 4 N–H and O–H groups in total. The van der Waals surface area contributed by atoms with Crippen LogP contribution in [0.2, 0.25) is 0 Å². The van der Waals surface area contributed by atoms with Gasteiger partial charge in [-0.2, -0.15) is 0 Å². The predicted molar refractivity (Wildman–Crippen MR) is 134 cm³/mol. The van der Waals surface area contributed by atoms with Crippen LogP contribution in [0.3, 0.4) is 0 Å². The number of anilines is 1. The maximum atomic E-state index is 10.2. The van der Waals surface area contributed by atoms with E-state index in [1.165, 1.54) is 77.0 Å². The van der Waals surface area contributed by atoms with E-state index < -0.39 is 18.4 Å². The highest BCUT2D eigenvalue weighted by atomic mass is 16.5. The Bertz CT molecular complexity index is 936. The first-order valence-electron chi connectivity index (χ1n) is 13.1. The summed E-state index contributed by atoms with van der Waals surface area (Å²) in [7, 11) is 0. The van der Waals surface area contributed by atoms with Gasteiger partial charge >= 0.3 is 0 Å². The smallest absolute Gasteiger partial charge is 0.189 e. The van der Waals surface area contributed by atoms with E-state index in [9.17, 15) is 10.2 Å². The van der Waals surface area contributed by atoms with Gasteiger partial charge < -0.3 is 20.7 Å². The molecule has 188 valence electrons. The van der Waals surface area contributed by atoms with Gasteiger partial charge in [-0.25, -0.2) is 15.0 Å². The summed E-state index contributed by atoms with van der Waals surface area (Å²) in [5.74, 6) is 7.16. The molecule has 0 aromatic carbocycles. The number of rotatable bonds is 14. The second-order valence-corrected chi connectivity index (χ2v) is 9.29. The topological polar surface area (TPSA) is 119 Å². The largest absolute Gasteiger partial charge is 0.394 e. The Hall–Kier alpha value is -2.21. The van der Waals surface area contributed by atoms with Crippen molar-refractivity contribution < 1.29 is 14.9 Å². The molecule has 0 radical (unpaired) electrons. The fraction of sp³-hybridized carbons (Fsp3) is 0.731. The minimum Gasteiger partial charge on any atom is -0.394 e. The molecular formula is C26H41N5O3. The number of nitrogen functional groups attached to an aromatic ring is 1. The van der Waals surface area contributed by atoms with Crippen molar-refractivity contribution in [2.45, 2.75) is 115 Å². The summed E-state index contributed by atoms with van der Waals surface area (Å²) in [6.07, 6.45) is 16.4. The molecule has 8 nitrogen and oxygen atoms in total. The SMILES string of the molecule is CCCCCCCCCCCCCCC#Cc1nc2c(N)ncnc2n1[C@H]1C[C@H](O)[C@@H](CO)O1. The van der Waals surface area contributed by atoms with E-state index in [0.29, 0.717) is 23.4 Å². The van der Waals surface area contributed by atoms with E-state index in [1.54, 1.807) is 4.57 Å². The number of aromatic nitrogens is 4. The monoisotopic (exact) mass is 471 g/mol. The second kappa shape index (κ2) is 14.2. The molecule has 1 aliphatic rings. The van der Waals surface area contributed by atoms with Crippen molar-refractivity contribution in [3.05, 3.63) is 12.2 Å². The van der Waals surface area contributed by atoms with Crippen LogP contribution < -0.4 is 5.73 Å². The minimum absolute atomic E-state index is 0.249. The third kappa shape index (κ3) is 7.39. The zero-order valence-electron chi connectivity index (χ0n) is 20.6. The van der Waals surface area contributed by atoms with Crippen molar-refractivity contribution in [2.24, 2.45) is 0 Å². The summed E-state index contributed by atoms with van der Waals surface area (Å²) in [5.41, 5.74) is 6.99. The van der Waals surface area contributed by atoms with Crippen LogP contribution >= 0.6 is 0 Å². The van der Waals surface area contributed by atoms with E-state index in [-0.39, 0.29) is 12.4 Å². The molecule has 0 bridgehead atoms. The molecule has 1 saturated heterocycles. The number of hydrogen-bond acceptors (Lipinski definition) is 7. The lowest BCUT2D eigenvalue weighted by molar-refractivity contribution is -0.0434. The molecule has 1 aliphatic heterocycles. The van der Waals surface area contributed by atoms with E-state index in [0.717, 1.165) is 12.8 Å². The lowest BCUT2D eigenvalue weighted by Gasteiger charge is -2.14. The minimum atomic E-state index is -0.756. The maximum Gasteiger partial charge on any atom is 0.189 e. The average Bonchev–Trinajstić information content (AvgIpc) is 3.39. The van der Waals surface area contributed by atoms with Gasteiger partial charge in [0.15, 0.2) is 22.8 Å². The predicted octanol–water partition coefficient (Wildman–Crippen LogP) is 4.49. The Morgan fingerprint density at radius 3 is 2.29 bits per heavy atom. The van der Waals surface area contributed by atoms with Crippen molar-refractivity contribution in [3.8, 4) is 11.8 Å². The Balaban J connectivity index is 1.45. The van der Waals surface area contributed by atoms with Crippen LogP contribution in [0.5, 0.6) is 0 Å². The molecule has 0 amide bonds. The van der Waals surface area contributed by atoms with Gasteiger partial charge in [-0.05, 0) is 12.3 Å². The Morgan fingerprint density at radius 2 is 1.68 bits per heavy atom. The van der Waals surface area contributed by atoms with Crippen molar-refractivity contribution in [2.75, 3.05) is 12.3 Å². The van der Waals surface area contributed by atoms with Crippen molar-refractivity contribution in [3.63, 3.8) is 0 Å². The number of ether oxygens (including phenoxy) is 1. The lowest BCUT2D eigenvalue weighted by atomic mass is 10.0. The van der Waals surface area contributed by atoms with Gasteiger partial charge in [-0.1, -0.05) is 83.5 Å². The number of nitrogens with two attached hydrogens (primary N) is 1. The highest BCUT2D eigenvalue weighted by Crippen LogP contribution is 2.32. The molecule has 0 saturated carbocycles. The normalized spacial score (nSPS) is 20.0. The number of imidazole rings is 1. The van der Waals surface area contributed by atoms with Gasteiger partial charge in [0.25, 0.3) is 0 Å². The fourth-order valence-electron chi connectivity index (χ4n) is 4.52. The first-order valence-corrected chi connectivity index (χ1v) is 13.1. The van der Waals surface area contributed by atoms with E-state index >= 15 is 0 Å². The second-order valence-electron chi connectivity index (χ2n) is 9.29. The molecule has 0 aliphatic carbocycles. The van der Waals surface area contributed by atoms with E-state index in [4.69, 9.17) is 10.5 Å². The van der Waals surface area contributed by atoms with Gasteiger partial charge in [-0.3, -0.25) is 4.57 Å². The Kier molecular flexibility index (Phi) is 11.1. The zero-order chi connectivity index (χ0) is 24.2. The van der Waals surface area contributed by atoms with Gasteiger partial charge in [0.05, 0.1) is 12.7 Å². The quantitative estimate of drug-likeness (QED) is 0.274. The molecule has 8 heteroatoms. The van der Waals surface area contributed by atoms with Gasteiger partial charge in [-0.15, -0.1) is 0 Å². The summed E-state index contributed by atoms with van der Waals surface area (Å²) in [5, 5.41) is 19.6. The third-order valence-electron chi connectivity index (χ3n) is 6.53. The van der Waals surface area contributed by atoms with Crippen molar-refractivity contribution in [1.82, 2.24) is 19.5 Å². The molecule has 1 fully saturated rings. The highest BCUT2D eigenvalue weighted by Gasteiger charge is 2.36. The highest BCUT2D eigenvalue weighted by molar-refractivity contribution is 5.82. The number of fused-ring (bicyclic) bond motifs is 1. The number of unbranched alkanes of at least 4 members (excludes halogenated alkanes) is 12. The molecule has 2 aromatic rings. The molecule has 3 heterocycles. The molecular weight excluding hydrogens is 430 g/mol. The first-order chi connectivity index (χ1) is 16.7. The van der Waals surface area contributed by atoms with Crippen molar-refractivity contribution in [1.29, 1.82) is 0 Å². The number of aliphatic hydroxyl groups excluding tert-OH is 2. The summed E-state index contributed by atoms with van der Waals surface area (Å²) < 4.78 is 7.60. The van der Waals surface area contributed by atoms with Gasteiger partial charge in [0.1, 0.15) is 18.7 Å². The number of nitrogens with zero attached hydrogens (tertiary/aromatic N) is 4. The Morgan fingerprint density at radius 1 is 1.03 bits per heavy atom. The average molecular weight is 472 g/mol. The summed E-state index contributed by atoms with van der Waals surface area (Å²) in [6, 6.07) is 0. The van der Waals surface area contributed by atoms with Gasteiger partial charge in [0.2, 0.25) is 0 Å². The molecule has 2 aromatic heterocycles. The standard InChI is InChI=1S/C26H41N5O3/c1-2-3-4-5-6-7-8-9-10-11-12-13-14-15-16-22-30-24-25(27)28-19-29-26(24)31(22)23-17-20(33)21(18-32)34-23/h19-21,23,32-33H,2-14,17-18H2,1H3,(H2,27,28,29)/t20-,21+,23+/m0/s1. The number of aliphatic hydroxyl groups is 2.